The van der Waals surface area contributed by atoms with E-state index in [1.165, 1.54) is 50.1 Å². The van der Waals surface area contributed by atoms with E-state index in [-0.39, 0.29) is 12.1 Å². The maximum absolute atomic E-state index is 6.72. The molecule has 6 rings (SSSR count). The van der Waals surface area contributed by atoms with Gasteiger partial charge in [0.2, 0.25) is 0 Å². The molecule has 2 aliphatic heterocycles. The number of anilines is 3. The Hall–Kier alpha value is -3.46. The Morgan fingerprint density at radius 2 is 1.48 bits per heavy atom. The maximum Gasteiger partial charge on any atom is 0.256 e. The fourth-order valence-electron chi connectivity index (χ4n) is 5.64. The van der Waals surface area contributed by atoms with E-state index in [1.54, 1.807) is 0 Å². The van der Waals surface area contributed by atoms with Gasteiger partial charge in [-0.1, -0.05) is 74.9 Å². The lowest BCUT2D eigenvalue weighted by Crippen LogP contribution is -2.60. The van der Waals surface area contributed by atoms with Crippen LogP contribution >= 0.6 is 0 Å². The molecule has 0 radical (unpaired) electrons. The van der Waals surface area contributed by atoms with Crippen molar-refractivity contribution in [1.82, 2.24) is 0 Å². The average molecular weight is 429 g/mol. The molecule has 0 N–H and O–H groups in total. The first kappa shape index (κ1) is 20.2. The summed E-state index contributed by atoms with van der Waals surface area (Å²) in [5, 5.41) is 0. The van der Waals surface area contributed by atoms with Gasteiger partial charge in [-0.25, -0.2) is 0 Å². The van der Waals surface area contributed by atoms with E-state index >= 15 is 0 Å². The summed E-state index contributed by atoms with van der Waals surface area (Å²) in [6, 6.07) is 28.5. The number of aryl methyl sites for hydroxylation is 2. The minimum absolute atomic E-state index is 0.0264. The van der Waals surface area contributed by atoms with Crippen molar-refractivity contribution >= 4 is 40.2 Å². The number of hydrogen-bond acceptors (Lipinski definition) is 2. The highest BCUT2D eigenvalue weighted by Crippen LogP contribution is 2.44. The Kier molecular flexibility index (Phi) is 4.29. The zero-order valence-corrected chi connectivity index (χ0v) is 19.9. The molecule has 0 bridgehead atoms. The quantitative estimate of drug-likeness (QED) is 0.297. The third-order valence-corrected chi connectivity index (χ3v) is 7.01. The second-order valence-corrected chi connectivity index (χ2v) is 10.4. The first-order valence-electron chi connectivity index (χ1n) is 11.7. The van der Waals surface area contributed by atoms with Gasteiger partial charge in [-0.05, 0) is 77.1 Å². The van der Waals surface area contributed by atoms with E-state index < -0.39 is 0 Å². The van der Waals surface area contributed by atoms with E-state index in [2.05, 4.69) is 118 Å². The summed E-state index contributed by atoms with van der Waals surface area (Å²) in [6.45, 7) is 11.4. The monoisotopic (exact) mass is 429 g/mol. The SMILES string of the molecule is Cc1cc(C)c2c(c1)N(c1ccccc1)c1ccc(C(C)(C)C)c3c1B2c1ccccc1O3. The van der Waals surface area contributed by atoms with E-state index in [0.29, 0.717) is 0 Å². The molecule has 0 spiro atoms. The van der Waals surface area contributed by atoms with Gasteiger partial charge in [-0.15, -0.1) is 0 Å². The molecule has 162 valence electrons. The molecule has 2 nitrogen and oxygen atoms in total. The first-order chi connectivity index (χ1) is 15.8. The lowest BCUT2D eigenvalue weighted by atomic mass is 9.33. The van der Waals surface area contributed by atoms with Crippen molar-refractivity contribution in [2.24, 2.45) is 0 Å². The van der Waals surface area contributed by atoms with Crippen molar-refractivity contribution in [3.8, 4) is 11.5 Å². The highest BCUT2D eigenvalue weighted by Gasteiger charge is 2.44. The van der Waals surface area contributed by atoms with Crippen LogP contribution in [0, 0.1) is 13.8 Å². The van der Waals surface area contributed by atoms with Gasteiger partial charge in [0.1, 0.15) is 11.5 Å². The van der Waals surface area contributed by atoms with Gasteiger partial charge in [-0.2, -0.15) is 0 Å². The highest BCUT2D eigenvalue weighted by molar-refractivity contribution is 6.99. The molecular formula is C30H28BNO. The summed E-state index contributed by atoms with van der Waals surface area (Å²) in [4.78, 5) is 2.42. The summed E-state index contributed by atoms with van der Waals surface area (Å²) in [5.41, 5.74) is 11.4. The van der Waals surface area contributed by atoms with Gasteiger partial charge >= 0.3 is 0 Å². The number of para-hydroxylation sites is 2. The molecule has 0 fully saturated rings. The molecule has 0 aromatic heterocycles. The predicted octanol–water partition coefficient (Wildman–Crippen LogP) is 6.01. The van der Waals surface area contributed by atoms with Crippen molar-refractivity contribution in [2.75, 3.05) is 4.90 Å². The van der Waals surface area contributed by atoms with Crippen LogP contribution in [0.5, 0.6) is 11.5 Å². The van der Waals surface area contributed by atoms with Gasteiger partial charge < -0.3 is 9.64 Å². The minimum Gasteiger partial charge on any atom is -0.458 e. The standard InChI is InChI=1S/C30H28BNO/c1-19-17-20(2)27-25(18-19)32(21-11-7-6-8-12-21)24-16-15-22(30(3,4)5)29-28(24)31(27)23-13-9-10-14-26(23)33-29/h6-18H,1-5H3. The minimum atomic E-state index is -0.0264. The van der Waals surface area contributed by atoms with Crippen LogP contribution in [0.2, 0.25) is 0 Å². The Morgan fingerprint density at radius 1 is 0.758 bits per heavy atom. The van der Waals surface area contributed by atoms with Crippen LogP contribution in [0.1, 0.15) is 37.5 Å². The molecular weight excluding hydrogens is 401 g/mol. The zero-order chi connectivity index (χ0) is 22.9. The number of benzene rings is 4. The van der Waals surface area contributed by atoms with E-state index in [4.69, 9.17) is 4.74 Å². The van der Waals surface area contributed by atoms with Crippen molar-refractivity contribution in [3.05, 3.63) is 95.6 Å². The van der Waals surface area contributed by atoms with Crippen LogP contribution in [0.3, 0.4) is 0 Å². The van der Waals surface area contributed by atoms with Crippen molar-refractivity contribution in [2.45, 2.75) is 40.0 Å². The van der Waals surface area contributed by atoms with Crippen molar-refractivity contribution in [3.63, 3.8) is 0 Å². The summed E-state index contributed by atoms with van der Waals surface area (Å²) in [7, 11) is 0. The summed E-state index contributed by atoms with van der Waals surface area (Å²) in [6.07, 6.45) is 0. The molecule has 0 unspecified atom stereocenters. The second kappa shape index (κ2) is 7.02. The third kappa shape index (κ3) is 2.95. The molecule has 4 aromatic rings. The summed E-state index contributed by atoms with van der Waals surface area (Å²) in [5.74, 6) is 1.99. The Morgan fingerprint density at radius 3 is 2.24 bits per heavy atom. The third-order valence-electron chi connectivity index (χ3n) is 7.01. The molecule has 2 aliphatic rings. The molecule has 0 aliphatic carbocycles. The largest absolute Gasteiger partial charge is 0.458 e. The zero-order valence-electron chi connectivity index (χ0n) is 19.9. The summed E-state index contributed by atoms with van der Waals surface area (Å²) >= 11 is 0. The Labute approximate surface area is 196 Å². The number of rotatable bonds is 1. The second-order valence-electron chi connectivity index (χ2n) is 10.4. The smallest absolute Gasteiger partial charge is 0.256 e. The highest BCUT2D eigenvalue weighted by atomic mass is 16.5. The van der Waals surface area contributed by atoms with Gasteiger partial charge in [0, 0.05) is 17.1 Å². The van der Waals surface area contributed by atoms with Crippen LogP contribution in [-0.4, -0.2) is 6.71 Å². The first-order valence-corrected chi connectivity index (χ1v) is 11.7. The fourth-order valence-corrected chi connectivity index (χ4v) is 5.64. The number of nitrogens with zero attached hydrogens (tertiary/aromatic N) is 1. The van der Waals surface area contributed by atoms with Gasteiger partial charge in [0.25, 0.3) is 6.71 Å². The van der Waals surface area contributed by atoms with Crippen LogP contribution in [0.4, 0.5) is 17.1 Å². The van der Waals surface area contributed by atoms with Crippen molar-refractivity contribution < 1.29 is 4.74 Å². The molecule has 33 heavy (non-hydrogen) atoms. The fraction of sp³-hybridized carbons (Fsp3) is 0.200. The van der Waals surface area contributed by atoms with Gasteiger partial charge in [-0.3, -0.25) is 0 Å². The van der Waals surface area contributed by atoms with Gasteiger partial charge in [0.15, 0.2) is 0 Å². The molecule has 4 aromatic carbocycles. The molecule has 2 heterocycles. The molecule has 0 atom stereocenters. The van der Waals surface area contributed by atoms with Crippen LogP contribution < -0.4 is 26.0 Å². The molecule has 0 saturated carbocycles. The van der Waals surface area contributed by atoms with Gasteiger partial charge in [0.05, 0.1) is 0 Å². The summed E-state index contributed by atoms with van der Waals surface area (Å²) < 4.78 is 6.72. The van der Waals surface area contributed by atoms with Crippen LogP contribution in [0.25, 0.3) is 0 Å². The lowest BCUT2D eigenvalue weighted by Gasteiger charge is -2.42. The topological polar surface area (TPSA) is 12.5 Å². The molecule has 0 amide bonds. The maximum atomic E-state index is 6.72. The molecule has 0 saturated heterocycles. The van der Waals surface area contributed by atoms with Crippen LogP contribution in [-0.2, 0) is 5.41 Å². The number of hydrogen-bond donors (Lipinski definition) is 0. The normalized spacial score (nSPS) is 13.7. The van der Waals surface area contributed by atoms with Crippen LogP contribution in [0.15, 0.2) is 78.9 Å². The number of ether oxygens (including phenoxy) is 1. The van der Waals surface area contributed by atoms with E-state index in [1.807, 2.05) is 0 Å². The Balaban J connectivity index is 1.76. The number of fused-ring (bicyclic) bond motifs is 4. The lowest BCUT2D eigenvalue weighted by molar-refractivity contribution is 0.459. The van der Waals surface area contributed by atoms with E-state index in [9.17, 15) is 0 Å². The Bertz CT molecular complexity index is 1400. The predicted molar refractivity (Wildman–Crippen MR) is 140 cm³/mol. The average Bonchev–Trinajstić information content (AvgIpc) is 2.78. The molecule has 3 heteroatoms. The van der Waals surface area contributed by atoms with E-state index in [0.717, 1.165) is 11.5 Å². The van der Waals surface area contributed by atoms with Crippen molar-refractivity contribution in [1.29, 1.82) is 0 Å².